The summed E-state index contributed by atoms with van der Waals surface area (Å²) in [6, 6.07) is 4.18. The zero-order valence-corrected chi connectivity index (χ0v) is 16.3. The lowest BCUT2D eigenvalue weighted by Crippen LogP contribution is -2.60. The van der Waals surface area contributed by atoms with Crippen LogP contribution in [-0.2, 0) is 11.0 Å². The fraction of sp³-hybridized carbons (Fsp3) is 0.545. The number of amides is 1. The maximum Gasteiger partial charge on any atom is 0.417 e. The summed E-state index contributed by atoms with van der Waals surface area (Å²) in [6.07, 6.45) is 2.20. The SMILES string of the molecule is O=C(COc1ccc2c(C(F)(F)F)cc(=O)oc2c1)NC12CC3CC(CC(C3)C1)C2. The summed E-state index contributed by atoms with van der Waals surface area (Å²) in [6.45, 7) is -0.240. The summed E-state index contributed by atoms with van der Waals surface area (Å²) < 4.78 is 49.8. The average molecular weight is 421 g/mol. The summed E-state index contributed by atoms with van der Waals surface area (Å²) in [5.74, 6) is 2.03. The zero-order valence-electron chi connectivity index (χ0n) is 16.3. The number of nitrogens with one attached hydrogen (secondary N) is 1. The molecule has 160 valence electrons. The molecule has 8 heteroatoms. The molecule has 0 spiro atoms. The first-order valence-corrected chi connectivity index (χ1v) is 10.3. The monoisotopic (exact) mass is 421 g/mol. The van der Waals surface area contributed by atoms with Crippen molar-refractivity contribution >= 4 is 16.9 Å². The minimum Gasteiger partial charge on any atom is -0.484 e. The van der Waals surface area contributed by atoms with E-state index in [0.717, 1.165) is 19.3 Å². The van der Waals surface area contributed by atoms with Crippen molar-refractivity contribution in [3.05, 3.63) is 40.2 Å². The van der Waals surface area contributed by atoms with Crippen LogP contribution in [0.3, 0.4) is 0 Å². The van der Waals surface area contributed by atoms with Gasteiger partial charge in [0.05, 0.1) is 5.56 Å². The van der Waals surface area contributed by atoms with Gasteiger partial charge >= 0.3 is 11.8 Å². The molecule has 1 aromatic carbocycles. The smallest absolute Gasteiger partial charge is 0.417 e. The third-order valence-electron chi connectivity index (χ3n) is 6.83. The molecule has 0 unspecified atom stereocenters. The van der Waals surface area contributed by atoms with Crippen molar-refractivity contribution in [3.63, 3.8) is 0 Å². The molecule has 1 N–H and O–H groups in total. The van der Waals surface area contributed by atoms with Crippen molar-refractivity contribution in [2.45, 2.75) is 50.2 Å². The summed E-state index contributed by atoms with van der Waals surface area (Å²) in [5.41, 5.74) is -2.51. The number of ether oxygens (including phenoxy) is 1. The summed E-state index contributed by atoms with van der Waals surface area (Å²) in [7, 11) is 0. The lowest BCUT2D eigenvalue weighted by molar-refractivity contribution is -0.136. The molecule has 4 aliphatic rings. The molecule has 4 saturated carbocycles. The second-order valence-electron chi connectivity index (χ2n) is 9.17. The van der Waals surface area contributed by atoms with E-state index in [4.69, 9.17) is 9.15 Å². The Morgan fingerprint density at radius 2 is 1.73 bits per heavy atom. The van der Waals surface area contributed by atoms with Gasteiger partial charge in [-0.1, -0.05) is 0 Å². The average Bonchev–Trinajstić information content (AvgIpc) is 2.63. The highest BCUT2D eigenvalue weighted by atomic mass is 19.4. The second-order valence-corrected chi connectivity index (χ2v) is 9.17. The topological polar surface area (TPSA) is 68.5 Å². The fourth-order valence-electron chi connectivity index (χ4n) is 6.21. The number of hydrogen-bond acceptors (Lipinski definition) is 4. The maximum atomic E-state index is 13.1. The first kappa shape index (κ1) is 19.5. The van der Waals surface area contributed by atoms with Crippen molar-refractivity contribution < 1.29 is 27.1 Å². The largest absolute Gasteiger partial charge is 0.484 e. The van der Waals surface area contributed by atoms with Gasteiger partial charge in [0, 0.05) is 23.1 Å². The van der Waals surface area contributed by atoms with Crippen molar-refractivity contribution in [2.75, 3.05) is 6.61 Å². The predicted octanol–water partition coefficient (Wildman–Crippen LogP) is 4.28. The molecule has 0 aliphatic heterocycles. The van der Waals surface area contributed by atoms with E-state index in [-0.39, 0.29) is 34.8 Å². The molecule has 1 aromatic heterocycles. The van der Waals surface area contributed by atoms with Crippen LogP contribution in [0, 0.1) is 17.8 Å². The Bertz CT molecular complexity index is 1020. The summed E-state index contributed by atoms with van der Waals surface area (Å²) in [4.78, 5) is 24.1. The van der Waals surface area contributed by atoms with Gasteiger partial charge in [0.2, 0.25) is 0 Å². The van der Waals surface area contributed by atoms with E-state index in [1.165, 1.54) is 37.5 Å². The van der Waals surface area contributed by atoms with Gasteiger partial charge in [-0.3, -0.25) is 4.79 Å². The van der Waals surface area contributed by atoms with Gasteiger partial charge in [0.1, 0.15) is 11.3 Å². The van der Waals surface area contributed by atoms with Crippen molar-refractivity contribution in [1.82, 2.24) is 5.32 Å². The van der Waals surface area contributed by atoms with E-state index in [9.17, 15) is 22.8 Å². The lowest BCUT2D eigenvalue weighted by Gasteiger charge is -2.56. The molecule has 0 atom stereocenters. The molecule has 4 bridgehead atoms. The first-order chi connectivity index (χ1) is 14.2. The van der Waals surface area contributed by atoms with E-state index in [1.54, 1.807) is 0 Å². The van der Waals surface area contributed by atoms with Crippen molar-refractivity contribution in [1.29, 1.82) is 0 Å². The minimum atomic E-state index is -4.67. The van der Waals surface area contributed by atoms with Crippen molar-refractivity contribution in [2.24, 2.45) is 17.8 Å². The molecular formula is C22H22F3NO4. The van der Waals surface area contributed by atoms with Crippen LogP contribution in [0.25, 0.3) is 11.0 Å². The molecule has 30 heavy (non-hydrogen) atoms. The van der Waals surface area contributed by atoms with Gasteiger partial charge in [-0.05, 0) is 68.4 Å². The number of hydrogen-bond donors (Lipinski definition) is 1. The predicted molar refractivity (Wildman–Crippen MR) is 102 cm³/mol. The van der Waals surface area contributed by atoms with Crippen LogP contribution in [-0.4, -0.2) is 18.1 Å². The van der Waals surface area contributed by atoms with Gasteiger partial charge < -0.3 is 14.5 Å². The van der Waals surface area contributed by atoms with E-state index in [2.05, 4.69) is 5.32 Å². The Balaban J connectivity index is 1.28. The molecular weight excluding hydrogens is 399 g/mol. The number of carbonyl (C=O) groups is 1. The maximum absolute atomic E-state index is 13.1. The van der Waals surface area contributed by atoms with E-state index in [1.807, 2.05) is 0 Å². The van der Waals surface area contributed by atoms with Gasteiger partial charge in [-0.15, -0.1) is 0 Å². The number of halogens is 3. The van der Waals surface area contributed by atoms with Crippen LogP contribution in [0.5, 0.6) is 5.75 Å². The highest BCUT2D eigenvalue weighted by Crippen LogP contribution is 2.55. The van der Waals surface area contributed by atoms with Crippen LogP contribution in [0.2, 0.25) is 0 Å². The van der Waals surface area contributed by atoms with Crippen LogP contribution in [0.4, 0.5) is 13.2 Å². The minimum absolute atomic E-state index is 0.132. The highest BCUT2D eigenvalue weighted by molar-refractivity contribution is 5.82. The Morgan fingerprint density at radius 1 is 1.10 bits per heavy atom. The molecule has 5 nitrogen and oxygen atoms in total. The van der Waals surface area contributed by atoms with Crippen molar-refractivity contribution in [3.8, 4) is 5.75 Å². The molecule has 4 aliphatic carbocycles. The molecule has 4 fully saturated rings. The van der Waals surface area contributed by atoms with E-state index < -0.39 is 17.4 Å². The van der Waals surface area contributed by atoms with Crippen LogP contribution in [0.1, 0.15) is 44.1 Å². The highest BCUT2D eigenvalue weighted by Gasteiger charge is 2.51. The third kappa shape index (κ3) is 3.56. The zero-order chi connectivity index (χ0) is 21.1. The quantitative estimate of drug-likeness (QED) is 0.749. The molecule has 1 heterocycles. The first-order valence-electron chi connectivity index (χ1n) is 10.3. The van der Waals surface area contributed by atoms with Gasteiger partial charge in [0.25, 0.3) is 5.91 Å². The van der Waals surface area contributed by atoms with E-state index >= 15 is 0 Å². The summed E-state index contributed by atoms with van der Waals surface area (Å²) in [5, 5.41) is 2.95. The number of rotatable bonds is 4. The second kappa shape index (κ2) is 6.75. The Kier molecular flexibility index (Phi) is 4.38. The normalized spacial score (nSPS) is 29.9. The summed E-state index contributed by atoms with van der Waals surface area (Å²) >= 11 is 0. The van der Waals surface area contributed by atoms with E-state index in [0.29, 0.717) is 23.8 Å². The number of fused-ring (bicyclic) bond motifs is 1. The Labute approximate surface area is 170 Å². The van der Waals surface area contributed by atoms with Gasteiger partial charge in [0.15, 0.2) is 6.61 Å². The third-order valence-corrected chi connectivity index (χ3v) is 6.83. The Hall–Kier alpha value is -2.51. The molecule has 0 radical (unpaired) electrons. The number of alkyl halides is 3. The van der Waals surface area contributed by atoms with Gasteiger partial charge in [-0.2, -0.15) is 13.2 Å². The molecule has 6 rings (SSSR count). The lowest BCUT2D eigenvalue weighted by atomic mass is 9.53. The Morgan fingerprint density at radius 3 is 2.33 bits per heavy atom. The molecule has 1 amide bonds. The van der Waals surface area contributed by atoms with Crippen LogP contribution in [0.15, 0.2) is 33.5 Å². The fourth-order valence-corrected chi connectivity index (χ4v) is 6.21. The standard InChI is InChI=1S/C22H22F3NO4/c23-22(24,25)17-7-20(28)30-18-6-15(1-2-16(17)18)29-11-19(27)26-21-8-12-3-13(9-21)5-14(4-12)10-21/h1-2,6-7,12-14H,3-5,8-11H2,(H,26,27). The molecule has 2 aromatic rings. The molecule has 0 saturated heterocycles. The number of carbonyl (C=O) groups excluding carboxylic acids is 1. The number of benzene rings is 1. The van der Waals surface area contributed by atoms with Gasteiger partial charge in [-0.25, -0.2) is 4.79 Å². The van der Waals surface area contributed by atoms with Crippen LogP contribution >= 0.6 is 0 Å². The van der Waals surface area contributed by atoms with Crippen LogP contribution < -0.4 is 15.7 Å².